The molecular weight excluding hydrogens is 639 g/mol. The van der Waals surface area contributed by atoms with Crippen LogP contribution in [-0.2, 0) is 19.2 Å². The third-order valence-electron chi connectivity index (χ3n) is 11.2. The second kappa shape index (κ2) is 14.1. The summed E-state index contributed by atoms with van der Waals surface area (Å²) in [5.74, 6) is -0.344. The lowest BCUT2D eigenvalue weighted by molar-refractivity contribution is -0.156. The van der Waals surface area contributed by atoms with Gasteiger partial charge in [-0.2, -0.15) is 0 Å². The molecule has 3 aliphatic heterocycles. The van der Waals surface area contributed by atoms with E-state index in [1.165, 1.54) is 0 Å². The van der Waals surface area contributed by atoms with Gasteiger partial charge in [-0.15, -0.1) is 11.3 Å². The SMILES string of the molecule is CC(=O)N1CC2(CC(N3CCN(CC(=O)N[C@H](C(=O)N4CCC[C@H]4C(=O)N[C@@H](C)c4ccc(-c5scnc5C)cc4)C(C)(C)C)CC3)C2)C1. The van der Waals surface area contributed by atoms with Crippen LogP contribution in [0, 0.1) is 17.8 Å². The molecule has 0 bridgehead atoms. The van der Waals surface area contributed by atoms with E-state index in [0.717, 1.165) is 80.2 Å². The van der Waals surface area contributed by atoms with Gasteiger partial charge in [0.2, 0.25) is 23.6 Å². The molecule has 3 atom stereocenters. The Morgan fingerprint density at radius 2 is 1.67 bits per heavy atom. The first-order valence-corrected chi connectivity index (χ1v) is 18.7. The van der Waals surface area contributed by atoms with Crippen molar-refractivity contribution in [2.45, 2.75) is 91.4 Å². The molecule has 2 N–H and O–H groups in total. The summed E-state index contributed by atoms with van der Waals surface area (Å²) in [6, 6.07) is 7.22. The molecule has 266 valence electrons. The number of carbonyl (C=O) groups is 4. The Labute approximate surface area is 294 Å². The van der Waals surface area contributed by atoms with Gasteiger partial charge in [-0.05, 0) is 56.1 Å². The second-order valence-corrected chi connectivity index (χ2v) is 16.8. The Bertz CT molecular complexity index is 1530. The molecule has 12 heteroatoms. The van der Waals surface area contributed by atoms with E-state index in [-0.39, 0.29) is 36.2 Å². The number of nitrogens with one attached hydrogen (secondary N) is 2. The lowest BCUT2D eigenvalue weighted by atomic mass is 9.60. The summed E-state index contributed by atoms with van der Waals surface area (Å²) < 4.78 is 0. The Balaban J connectivity index is 0.987. The van der Waals surface area contributed by atoms with Crippen molar-refractivity contribution in [1.29, 1.82) is 0 Å². The predicted molar refractivity (Wildman–Crippen MR) is 191 cm³/mol. The normalized spacial score (nSPS) is 22.7. The summed E-state index contributed by atoms with van der Waals surface area (Å²) in [6.07, 6.45) is 3.65. The third kappa shape index (κ3) is 7.71. The summed E-state index contributed by atoms with van der Waals surface area (Å²) in [5.41, 5.74) is 4.76. The highest BCUT2D eigenvalue weighted by Crippen LogP contribution is 2.50. The number of rotatable bonds is 9. The van der Waals surface area contributed by atoms with E-state index in [1.54, 1.807) is 23.2 Å². The van der Waals surface area contributed by atoms with E-state index in [4.69, 9.17) is 0 Å². The molecule has 1 aliphatic carbocycles. The van der Waals surface area contributed by atoms with Gasteiger partial charge in [-0.1, -0.05) is 45.0 Å². The zero-order valence-electron chi connectivity index (χ0n) is 30.0. The molecule has 6 rings (SSSR count). The van der Waals surface area contributed by atoms with Gasteiger partial charge in [0.15, 0.2) is 0 Å². The Morgan fingerprint density at radius 3 is 2.27 bits per heavy atom. The predicted octanol–water partition coefficient (Wildman–Crippen LogP) is 3.45. The molecular formula is C37H53N7O4S. The van der Waals surface area contributed by atoms with Crippen molar-refractivity contribution in [1.82, 2.24) is 35.2 Å². The summed E-state index contributed by atoms with van der Waals surface area (Å²) in [6.45, 7) is 17.5. The van der Waals surface area contributed by atoms with Crippen LogP contribution in [0.25, 0.3) is 10.4 Å². The van der Waals surface area contributed by atoms with E-state index < -0.39 is 17.5 Å². The first-order valence-electron chi connectivity index (χ1n) is 17.9. The average molecular weight is 692 g/mol. The van der Waals surface area contributed by atoms with Gasteiger partial charge in [0, 0.05) is 64.2 Å². The molecule has 0 unspecified atom stereocenters. The smallest absolute Gasteiger partial charge is 0.246 e. The van der Waals surface area contributed by atoms with Gasteiger partial charge in [-0.3, -0.25) is 29.0 Å². The fourth-order valence-electron chi connectivity index (χ4n) is 8.15. The second-order valence-electron chi connectivity index (χ2n) is 15.9. The standard InChI is InChI=1S/C37H53N7O4S/c1-24(27-9-11-28(12-10-27)32-25(2)38-23-49-32)39-34(47)30-8-7-13-44(30)35(48)33(36(4,5)6)40-31(46)20-41-14-16-42(17-15-41)29-18-37(19-29)21-43(22-37)26(3)45/h9-12,23-24,29-30,33H,7-8,13-22H2,1-6H3,(H,39,47)(H,40,46)/t24-,30-,33+/m0/s1. The lowest BCUT2D eigenvalue weighted by Gasteiger charge is -2.61. The molecule has 1 saturated carbocycles. The quantitative estimate of drug-likeness (QED) is 0.414. The number of hydrogen-bond donors (Lipinski definition) is 2. The summed E-state index contributed by atoms with van der Waals surface area (Å²) in [4.78, 5) is 66.4. The van der Waals surface area contributed by atoms with Crippen LogP contribution in [0.2, 0.25) is 0 Å². The van der Waals surface area contributed by atoms with Crippen LogP contribution in [-0.4, -0.2) is 119 Å². The number of thiazole rings is 1. The lowest BCUT2D eigenvalue weighted by Crippen LogP contribution is -2.68. The molecule has 4 fully saturated rings. The van der Waals surface area contributed by atoms with Crippen LogP contribution in [0.15, 0.2) is 29.8 Å². The summed E-state index contributed by atoms with van der Waals surface area (Å²) in [5, 5.41) is 6.21. The van der Waals surface area contributed by atoms with E-state index >= 15 is 0 Å². The molecule has 49 heavy (non-hydrogen) atoms. The number of benzene rings is 1. The number of hydrogen-bond acceptors (Lipinski definition) is 8. The van der Waals surface area contributed by atoms with Crippen molar-refractivity contribution in [2.75, 3.05) is 52.4 Å². The molecule has 0 radical (unpaired) electrons. The number of nitrogens with zero attached hydrogens (tertiary/aromatic N) is 5. The zero-order chi connectivity index (χ0) is 35.1. The van der Waals surface area contributed by atoms with Crippen molar-refractivity contribution in [2.24, 2.45) is 10.8 Å². The van der Waals surface area contributed by atoms with Gasteiger partial charge in [0.1, 0.15) is 12.1 Å². The van der Waals surface area contributed by atoms with Gasteiger partial charge >= 0.3 is 0 Å². The maximum atomic E-state index is 14.1. The van der Waals surface area contributed by atoms with Crippen LogP contribution >= 0.6 is 11.3 Å². The van der Waals surface area contributed by atoms with Gasteiger partial charge < -0.3 is 20.4 Å². The van der Waals surface area contributed by atoms with E-state index in [9.17, 15) is 19.2 Å². The van der Waals surface area contributed by atoms with Gasteiger partial charge in [0.25, 0.3) is 0 Å². The zero-order valence-corrected chi connectivity index (χ0v) is 30.8. The van der Waals surface area contributed by atoms with Crippen LogP contribution < -0.4 is 10.6 Å². The average Bonchev–Trinajstić information content (AvgIpc) is 3.68. The van der Waals surface area contributed by atoms with Crippen molar-refractivity contribution >= 4 is 35.0 Å². The number of piperazine rings is 1. The Kier molecular flexibility index (Phi) is 10.2. The van der Waals surface area contributed by atoms with E-state index in [1.807, 2.05) is 57.2 Å². The number of carbonyl (C=O) groups excluding carboxylic acids is 4. The number of likely N-dealkylation sites (tertiary alicyclic amines) is 2. The minimum absolute atomic E-state index is 0.158. The Hall–Kier alpha value is -3.35. The number of amides is 4. The minimum atomic E-state index is -0.738. The van der Waals surface area contributed by atoms with Crippen LogP contribution in [0.5, 0.6) is 0 Å². The molecule has 1 aromatic carbocycles. The molecule has 4 amide bonds. The fourth-order valence-corrected chi connectivity index (χ4v) is 8.96. The van der Waals surface area contributed by atoms with Crippen LogP contribution in [0.1, 0.15) is 77.6 Å². The molecule has 1 spiro atoms. The first kappa shape index (κ1) is 35.5. The van der Waals surface area contributed by atoms with Gasteiger partial charge in [0.05, 0.1) is 28.7 Å². The van der Waals surface area contributed by atoms with Gasteiger partial charge in [-0.25, -0.2) is 4.98 Å². The fraction of sp³-hybridized carbons (Fsp3) is 0.649. The van der Waals surface area contributed by atoms with Crippen molar-refractivity contribution < 1.29 is 19.2 Å². The molecule has 3 saturated heterocycles. The topological polar surface area (TPSA) is 118 Å². The maximum Gasteiger partial charge on any atom is 0.246 e. The molecule has 11 nitrogen and oxygen atoms in total. The maximum absolute atomic E-state index is 14.1. The third-order valence-corrected chi connectivity index (χ3v) is 12.1. The van der Waals surface area contributed by atoms with Crippen molar-refractivity contribution in [3.63, 3.8) is 0 Å². The number of aryl methyl sites for hydroxylation is 1. The van der Waals surface area contributed by atoms with Crippen molar-refractivity contribution in [3.05, 3.63) is 41.0 Å². The molecule has 4 aliphatic rings. The highest BCUT2D eigenvalue weighted by atomic mass is 32.1. The monoisotopic (exact) mass is 691 g/mol. The summed E-state index contributed by atoms with van der Waals surface area (Å²) >= 11 is 1.61. The molecule has 1 aromatic heterocycles. The first-order chi connectivity index (χ1) is 23.2. The summed E-state index contributed by atoms with van der Waals surface area (Å²) in [7, 11) is 0. The molecule has 2 aromatic rings. The van der Waals surface area contributed by atoms with E-state index in [0.29, 0.717) is 24.4 Å². The number of aromatic nitrogens is 1. The molecule has 4 heterocycles. The van der Waals surface area contributed by atoms with Crippen LogP contribution in [0.3, 0.4) is 0 Å². The highest BCUT2D eigenvalue weighted by molar-refractivity contribution is 7.13. The van der Waals surface area contributed by atoms with E-state index in [2.05, 4.69) is 37.6 Å². The largest absolute Gasteiger partial charge is 0.348 e. The van der Waals surface area contributed by atoms with Crippen molar-refractivity contribution in [3.8, 4) is 10.4 Å². The Morgan fingerprint density at radius 1 is 1.00 bits per heavy atom. The van der Waals surface area contributed by atoms with Crippen LogP contribution in [0.4, 0.5) is 0 Å². The highest BCUT2D eigenvalue weighted by Gasteiger charge is 2.54. The minimum Gasteiger partial charge on any atom is -0.348 e.